The number of benzene rings is 1. The van der Waals surface area contributed by atoms with Gasteiger partial charge >= 0.3 is 0 Å². The van der Waals surface area contributed by atoms with Crippen LogP contribution in [0.5, 0.6) is 5.75 Å². The van der Waals surface area contributed by atoms with Crippen LogP contribution in [-0.4, -0.2) is 18.1 Å². The van der Waals surface area contributed by atoms with Crippen LogP contribution in [0.15, 0.2) is 18.2 Å². The molecule has 0 aliphatic heterocycles. The molecule has 0 unspecified atom stereocenters. The minimum Gasteiger partial charge on any atom is -0.484 e. The van der Waals surface area contributed by atoms with Gasteiger partial charge in [-0.2, -0.15) is 0 Å². The Morgan fingerprint density at radius 3 is 2.58 bits per heavy atom. The number of aryl methyl sites for hydroxylation is 2. The van der Waals surface area contributed by atoms with Crippen LogP contribution in [-0.2, 0) is 17.6 Å². The number of carbonyl (C=O) groups excluding carboxylic acids is 1. The van der Waals surface area contributed by atoms with Crippen molar-refractivity contribution in [3.05, 3.63) is 29.3 Å². The fraction of sp³-hybridized carbons (Fsp3) is 0.562. The number of amides is 1. The molecule has 104 valence electrons. The van der Waals surface area contributed by atoms with Crippen molar-refractivity contribution in [1.29, 1.82) is 0 Å². The lowest BCUT2D eigenvalue weighted by atomic mass is 9.92. The quantitative estimate of drug-likeness (QED) is 0.908. The highest BCUT2D eigenvalue weighted by atomic mass is 16.5. The van der Waals surface area contributed by atoms with E-state index in [9.17, 15) is 4.79 Å². The zero-order chi connectivity index (χ0) is 13.9. The summed E-state index contributed by atoms with van der Waals surface area (Å²) in [6.07, 6.45) is 4.82. The fourth-order valence-electron chi connectivity index (χ4n) is 2.40. The van der Waals surface area contributed by atoms with E-state index in [1.54, 1.807) is 0 Å². The fourth-order valence-corrected chi connectivity index (χ4v) is 2.40. The van der Waals surface area contributed by atoms with Crippen LogP contribution in [0.25, 0.3) is 0 Å². The van der Waals surface area contributed by atoms with Gasteiger partial charge in [0.15, 0.2) is 6.61 Å². The number of fused-ring (bicyclic) bond motifs is 1. The topological polar surface area (TPSA) is 38.3 Å². The van der Waals surface area contributed by atoms with Crippen molar-refractivity contribution in [3.63, 3.8) is 0 Å². The molecule has 1 N–H and O–H groups in total. The van der Waals surface area contributed by atoms with Gasteiger partial charge in [-0.05, 0) is 69.7 Å². The Hall–Kier alpha value is -1.51. The minimum atomic E-state index is -0.212. The Morgan fingerprint density at radius 1 is 1.21 bits per heavy atom. The maximum Gasteiger partial charge on any atom is 0.258 e. The van der Waals surface area contributed by atoms with Gasteiger partial charge in [-0.1, -0.05) is 6.07 Å². The van der Waals surface area contributed by atoms with Gasteiger partial charge in [0.1, 0.15) is 5.75 Å². The van der Waals surface area contributed by atoms with Crippen molar-refractivity contribution >= 4 is 5.91 Å². The summed E-state index contributed by atoms with van der Waals surface area (Å²) in [4.78, 5) is 11.7. The highest BCUT2D eigenvalue weighted by Gasteiger charge is 2.14. The molecular formula is C16H23NO2. The predicted molar refractivity (Wildman–Crippen MR) is 76.5 cm³/mol. The monoisotopic (exact) mass is 261 g/mol. The normalized spacial score (nSPS) is 14.7. The van der Waals surface area contributed by atoms with Gasteiger partial charge in [-0.25, -0.2) is 0 Å². The van der Waals surface area contributed by atoms with Crippen molar-refractivity contribution in [1.82, 2.24) is 5.32 Å². The van der Waals surface area contributed by atoms with Crippen LogP contribution >= 0.6 is 0 Å². The Balaban J connectivity index is 1.91. The van der Waals surface area contributed by atoms with Gasteiger partial charge < -0.3 is 10.1 Å². The molecule has 1 amide bonds. The molecule has 0 aromatic heterocycles. The van der Waals surface area contributed by atoms with Gasteiger partial charge in [0.2, 0.25) is 0 Å². The van der Waals surface area contributed by atoms with Crippen LogP contribution in [0.2, 0.25) is 0 Å². The second kappa shape index (κ2) is 5.64. The molecule has 1 aliphatic rings. The summed E-state index contributed by atoms with van der Waals surface area (Å²) < 4.78 is 5.57. The Morgan fingerprint density at radius 2 is 1.89 bits per heavy atom. The van der Waals surface area contributed by atoms with Crippen LogP contribution in [0.3, 0.4) is 0 Å². The first-order chi connectivity index (χ1) is 8.94. The van der Waals surface area contributed by atoms with E-state index in [2.05, 4.69) is 17.4 Å². The van der Waals surface area contributed by atoms with Crippen molar-refractivity contribution < 1.29 is 9.53 Å². The molecule has 0 fully saturated rings. The molecule has 0 heterocycles. The maximum absolute atomic E-state index is 11.7. The number of hydrogen-bond acceptors (Lipinski definition) is 2. The van der Waals surface area contributed by atoms with Crippen LogP contribution in [0.1, 0.15) is 44.7 Å². The standard InChI is InChI=1S/C16H23NO2/c1-16(2,3)17-15(18)11-19-14-9-8-12-6-4-5-7-13(12)10-14/h8-10H,4-7,11H2,1-3H3,(H,17,18). The second-order valence-electron chi connectivity index (χ2n) is 6.22. The SMILES string of the molecule is CC(C)(C)NC(=O)COc1ccc2c(c1)CCCC2. The molecule has 0 radical (unpaired) electrons. The number of hydrogen-bond donors (Lipinski definition) is 1. The second-order valence-corrected chi connectivity index (χ2v) is 6.22. The lowest BCUT2D eigenvalue weighted by molar-refractivity contribution is -0.124. The third kappa shape index (κ3) is 4.27. The highest BCUT2D eigenvalue weighted by molar-refractivity contribution is 5.78. The summed E-state index contributed by atoms with van der Waals surface area (Å²) in [5.41, 5.74) is 2.59. The highest BCUT2D eigenvalue weighted by Crippen LogP contribution is 2.25. The van der Waals surface area contributed by atoms with Crippen LogP contribution in [0.4, 0.5) is 0 Å². The summed E-state index contributed by atoms with van der Waals surface area (Å²) >= 11 is 0. The zero-order valence-corrected chi connectivity index (χ0v) is 12.1. The van der Waals surface area contributed by atoms with E-state index >= 15 is 0 Å². The number of rotatable bonds is 3. The van der Waals surface area contributed by atoms with Gasteiger partial charge in [-0.15, -0.1) is 0 Å². The first-order valence-electron chi connectivity index (χ1n) is 7.00. The lowest BCUT2D eigenvalue weighted by Crippen LogP contribution is -2.43. The van der Waals surface area contributed by atoms with Gasteiger partial charge in [0.25, 0.3) is 5.91 Å². The van der Waals surface area contributed by atoms with Crippen LogP contribution in [0, 0.1) is 0 Å². The van der Waals surface area contributed by atoms with E-state index in [0.717, 1.165) is 12.2 Å². The van der Waals surface area contributed by atoms with Crippen molar-refractivity contribution in [3.8, 4) is 5.75 Å². The van der Waals surface area contributed by atoms with Gasteiger partial charge in [-0.3, -0.25) is 4.79 Å². The molecule has 0 spiro atoms. The molecule has 19 heavy (non-hydrogen) atoms. The van der Waals surface area contributed by atoms with Crippen LogP contribution < -0.4 is 10.1 Å². The molecule has 3 heteroatoms. The largest absolute Gasteiger partial charge is 0.484 e. The number of ether oxygens (including phenoxy) is 1. The predicted octanol–water partition coefficient (Wildman–Crippen LogP) is 2.86. The Kier molecular flexibility index (Phi) is 4.13. The first kappa shape index (κ1) is 13.9. The van der Waals surface area contributed by atoms with Gasteiger partial charge in [0, 0.05) is 5.54 Å². The molecule has 0 bridgehead atoms. The average Bonchev–Trinajstić information content (AvgIpc) is 2.34. The molecule has 1 aromatic carbocycles. The lowest BCUT2D eigenvalue weighted by Gasteiger charge is -2.21. The van der Waals surface area contributed by atoms with Crippen molar-refractivity contribution in [2.24, 2.45) is 0 Å². The summed E-state index contributed by atoms with van der Waals surface area (Å²) in [7, 11) is 0. The number of carbonyl (C=O) groups is 1. The molecule has 0 saturated carbocycles. The molecule has 3 nitrogen and oxygen atoms in total. The molecule has 2 rings (SSSR count). The van der Waals surface area contributed by atoms with Crippen molar-refractivity contribution in [2.45, 2.75) is 52.0 Å². The maximum atomic E-state index is 11.7. The van der Waals surface area contributed by atoms with Crippen molar-refractivity contribution in [2.75, 3.05) is 6.61 Å². The molecule has 1 aliphatic carbocycles. The third-order valence-corrected chi connectivity index (χ3v) is 3.20. The Labute approximate surface area is 115 Å². The van der Waals surface area contributed by atoms with E-state index in [0.29, 0.717) is 0 Å². The van der Waals surface area contributed by atoms with Gasteiger partial charge in [0.05, 0.1) is 0 Å². The first-order valence-corrected chi connectivity index (χ1v) is 7.00. The summed E-state index contributed by atoms with van der Waals surface area (Å²) in [6.45, 7) is 5.97. The average molecular weight is 261 g/mol. The molecule has 0 atom stereocenters. The molecule has 1 aromatic rings. The third-order valence-electron chi connectivity index (χ3n) is 3.20. The van der Waals surface area contributed by atoms with E-state index in [1.165, 1.54) is 30.4 Å². The van der Waals surface area contributed by atoms with E-state index in [4.69, 9.17) is 4.74 Å². The van der Waals surface area contributed by atoms with E-state index < -0.39 is 0 Å². The van der Waals surface area contributed by atoms with E-state index in [1.807, 2.05) is 26.8 Å². The smallest absolute Gasteiger partial charge is 0.258 e. The summed E-state index contributed by atoms with van der Waals surface area (Å²) in [5, 5.41) is 2.89. The number of nitrogens with one attached hydrogen (secondary N) is 1. The minimum absolute atomic E-state index is 0.0785. The molecule has 0 saturated heterocycles. The molecular weight excluding hydrogens is 238 g/mol. The Bertz CT molecular complexity index is 460. The summed E-state index contributed by atoms with van der Waals surface area (Å²) in [6, 6.07) is 6.18. The van der Waals surface area contributed by atoms with E-state index in [-0.39, 0.29) is 18.1 Å². The summed E-state index contributed by atoms with van der Waals surface area (Å²) in [5.74, 6) is 0.718. The zero-order valence-electron chi connectivity index (χ0n) is 12.1.